The van der Waals surface area contributed by atoms with E-state index in [0.717, 1.165) is 76.7 Å². The van der Waals surface area contributed by atoms with Gasteiger partial charge in [-0.25, -0.2) is 9.37 Å². The Labute approximate surface area is 452 Å². The number of aryl methyl sites for hydroxylation is 2. The number of aliphatic hydroxyl groups excluding tert-OH is 1. The number of ether oxygens (including phenoxy) is 6. The molecule has 3 atom stereocenters. The van der Waals surface area contributed by atoms with Crippen molar-refractivity contribution in [1.29, 1.82) is 0 Å². The third kappa shape index (κ3) is 14.2. The number of rotatable bonds is 25. The van der Waals surface area contributed by atoms with Gasteiger partial charge in [0.2, 0.25) is 11.8 Å². The molecule has 3 aliphatic rings. The molecular formula is C56H73FN8O11S. The minimum Gasteiger partial charge on any atom is -0.496 e. The summed E-state index contributed by atoms with van der Waals surface area (Å²) in [5.74, 6) is 0.148. The molecule has 3 unspecified atom stereocenters. The van der Waals surface area contributed by atoms with Crippen LogP contribution in [0.1, 0.15) is 56.9 Å². The summed E-state index contributed by atoms with van der Waals surface area (Å²) < 4.78 is 51.8. The molecule has 2 saturated heterocycles. The smallest absolute Gasteiger partial charge is 0.259 e. The number of carbonyl (C=O) groups excluding carboxylic acids is 3. The van der Waals surface area contributed by atoms with Crippen LogP contribution in [0, 0.1) is 12.3 Å². The van der Waals surface area contributed by atoms with E-state index in [1.807, 2.05) is 49.5 Å². The van der Waals surface area contributed by atoms with Crippen LogP contribution in [-0.2, 0) is 48.7 Å². The zero-order valence-electron chi connectivity index (χ0n) is 45.2. The minimum absolute atomic E-state index is 0.0168. The lowest BCUT2D eigenvalue weighted by molar-refractivity contribution is -0.145. The van der Waals surface area contributed by atoms with E-state index in [-0.39, 0.29) is 51.1 Å². The molecule has 19 nitrogen and oxygen atoms in total. The van der Waals surface area contributed by atoms with Gasteiger partial charge in [0, 0.05) is 107 Å². The largest absolute Gasteiger partial charge is 0.496 e. The molecule has 8 rings (SSSR count). The number of likely N-dealkylation sites (tertiary alicyclic amines) is 1. The summed E-state index contributed by atoms with van der Waals surface area (Å²) in [5.41, 5.74) is 4.11. The van der Waals surface area contributed by atoms with Gasteiger partial charge in [0.25, 0.3) is 11.5 Å². The highest BCUT2D eigenvalue weighted by molar-refractivity contribution is 7.13. The lowest BCUT2D eigenvalue weighted by Gasteiger charge is -2.35. The number of amides is 3. The number of hydrogen-bond donors (Lipinski definition) is 3. The van der Waals surface area contributed by atoms with Gasteiger partial charge in [-0.1, -0.05) is 32.9 Å². The third-order valence-electron chi connectivity index (χ3n) is 14.4. The number of aliphatic hydroxyl groups is 1. The number of benzene rings is 2. The molecule has 5 aromatic rings. The van der Waals surface area contributed by atoms with E-state index in [9.17, 15) is 28.7 Å². The van der Waals surface area contributed by atoms with Gasteiger partial charge in [-0.15, -0.1) is 11.3 Å². The average Bonchev–Trinajstić information content (AvgIpc) is 3.88. The number of fused-ring (bicyclic) bond motifs is 1. The maximum absolute atomic E-state index is 14.7. The molecule has 77 heavy (non-hydrogen) atoms. The molecule has 5 heterocycles. The summed E-state index contributed by atoms with van der Waals surface area (Å²) in [5, 5.41) is 17.5. The van der Waals surface area contributed by atoms with E-state index in [0.29, 0.717) is 62.0 Å². The number of nitrogens with zero attached hydrogens (tertiary/aromatic N) is 6. The number of thiazole rings is 1. The fourth-order valence-corrected chi connectivity index (χ4v) is 10.6. The van der Waals surface area contributed by atoms with Crippen molar-refractivity contribution in [1.82, 2.24) is 39.9 Å². The van der Waals surface area contributed by atoms with E-state index >= 15 is 0 Å². The van der Waals surface area contributed by atoms with Gasteiger partial charge in [0.1, 0.15) is 35.9 Å². The second-order valence-corrected chi connectivity index (χ2v) is 21.8. The fourth-order valence-electron chi connectivity index (χ4n) is 9.75. The van der Waals surface area contributed by atoms with E-state index in [1.165, 1.54) is 16.2 Å². The van der Waals surface area contributed by atoms with Crippen molar-refractivity contribution >= 4 is 39.8 Å². The second kappa shape index (κ2) is 25.6. The van der Waals surface area contributed by atoms with Gasteiger partial charge in [-0.3, -0.25) is 34.0 Å². The van der Waals surface area contributed by atoms with E-state index < -0.39 is 47.0 Å². The number of hydrogen-bond acceptors (Lipinski definition) is 16. The third-order valence-corrected chi connectivity index (χ3v) is 15.4. The van der Waals surface area contributed by atoms with Crippen LogP contribution in [0.2, 0.25) is 0 Å². The Kier molecular flexibility index (Phi) is 19.0. The predicted octanol–water partition coefficient (Wildman–Crippen LogP) is 4.91. The summed E-state index contributed by atoms with van der Waals surface area (Å²) in [7, 11) is 5.07. The first kappa shape index (κ1) is 57.1. The SMILES string of the molecule is COc1cc(-c2cn(C)c(=O)c3cnccc23)c(OC)cc1CN1CCN(CCOCCOCCOCCOc2cc(-c3scnc3C)ccc2CNC(=O)C2CC(O)CN2C(=O)C(NC(=O)C2(F)CC2)C(C)(C)C)CC1. The molecule has 416 valence electrons. The van der Waals surface area contributed by atoms with Crippen molar-refractivity contribution in [2.75, 3.05) is 99.7 Å². The highest BCUT2D eigenvalue weighted by atomic mass is 32.1. The zero-order valence-corrected chi connectivity index (χ0v) is 46.0. The topological polar surface area (TPSA) is 208 Å². The van der Waals surface area contributed by atoms with E-state index in [4.69, 9.17) is 28.4 Å². The second-order valence-electron chi connectivity index (χ2n) is 21.0. The summed E-state index contributed by atoms with van der Waals surface area (Å²) in [6.45, 7) is 15.1. The molecule has 3 aromatic heterocycles. The molecule has 21 heteroatoms. The van der Waals surface area contributed by atoms with Crippen molar-refractivity contribution < 1.29 is 52.3 Å². The van der Waals surface area contributed by atoms with Crippen LogP contribution in [0.15, 0.2) is 65.3 Å². The number of pyridine rings is 2. The number of alkyl halides is 1. The Balaban J connectivity index is 0.732. The van der Waals surface area contributed by atoms with Gasteiger partial charge >= 0.3 is 0 Å². The van der Waals surface area contributed by atoms with Gasteiger partial charge in [0.15, 0.2) is 5.67 Å². The monoisotopic (exact) mass is 1080 g/mol. The van der Waals surface area contributed by atoms with Crippen molar-refractivity contribution in [3.05, 3.63) is 87.7 Å². The van der Waals surface area contributed by atoms with Crippen LogP contribution in [0.3, 0.4) is 0 Å². The number of halogens is 1. The molecule has 3 fully saturated rings. The van der Waals surface area contributed by atoms with Crippen molar-refractivity contribution in [3.8, 4) is 38.8 Å². The highest BCUT2D eigenvalue weighted by Gasteiger charge is 2.53. The lowest BCUT2D eigenvalue weighted by atomic mass is 9.85. The van der Waals surface area contributed by atoms with Crippen molar-refractivity contribution in [2.24, 2.45) is 12.5 Å². The highest BCUT2D eigenvalue weighted by Crippen LogP contribution is 2.41. The quantitative estimate of drug-likeness (QED) is 0.0664. The molecule has 2 aromatic carbocycles. The average molecular weight is 1090 g/mol. The molecule has 2 aliphatic heterocycles. The van der Waals surface area contributed by atoms with Crippen LogP contribution in [0.25, 0.3) is 32.3 Å². The number of carbonyl (C=O) groups is 3. The molecule has 0 spiro atoms. The van der Waals surface area contributed by atoms with E-state index in [1.54, 1.807) is 64.5 Å². The first-order chi connectivity index (χ1) is 37.0. The van der Waals surface area contributed by atoms with Crippen molar-refractivity contribution in [3.63, 3.8) is 0 Å². The standard InChI is InChI=1S/C56H73FN8O11S/c1-36-49(77-35-60-36)37-8-9-38(30-59-51(67)45-28-40(66)33-65(45)53(69)50(55(2,3)4)61-54(70)56(57)11-12-56)47(26-37)76-25-24-75-23-22-74-21-20-73-19-18-63-14-16-64(17-15-63)32-39-27-48(72-7)42(29-46(39)71-6)44-34-62(5)52(68)43-31-58-13-10-41(43)44/h8-10,13,26-27,29,31,34-35,40,45,50,66H,11-12,14-25,28,30,32-33H2,1-7H3,(H,59,67)(H,61,70). The number of methoxy groups -OCH3 is 2. The predicted molar refractivity (Wildman–Crippen MR) is 290 cm³/mol. The molecule has 0 radical (unpaired) electrons. The number of nitrogens with one attached hydrogen (secondary N) is 2. The molecule has 0 bridgehead atoms. The summed E-state index contributed by atoms with van der Waals surface area (Å²) in [6, 6.07) is 9.51. The van der Waals surface area contributed by atoms with Gasteiger partial charge < -0.3 is 53.6 Å². The zero-order chi connectivity index (χ0) is 54.9. The maximum atomic E-state index is 14.7. The van der Waals surface area contributed by atoms with Crippen LogP contribution in [-0.4, -0.2) is 176 Å². The normalized spacial score (nSPS) is 18.1. The fraction of sp³-hybridized carbons (Fsp3) is 0.536. The first-order valence-electron chi connectivity index (χ1n) is 26.3. The maximum Gasteiger partial charge on any atom is 0.259 e. The molecular weight excluding hydrogens is 1010 g/mol. The van der Waals surface area contributed by atoms with E-state index in [2.05, 4.69) is 30.4 Å². The molecule has 3 N–H and O–H groups in total. The van der Waals surface area contributed by atoms with Crippen LogP contribution >= 0.6 is 11.3 Å². The number of β-amino-alcohol motifs (C(OH)–C–C–N with tert-alkyl or cyclic N) is 1. The lowest BCUT2D eigenvalue weighted by Crippen LogP contribution is -2.59. The molecule has 1 saturated carbocycles. The van der Waals surface area contributed by atoms with Gasteiger partial charge in [-0.05, 0) is 60.4 Å². The summed E-state index contributed by atoms with van der Waals surface area (Å²) >= 11 is 1.51. The summed E-state index contributed by atoms with van der Waals surface area (Å²) in [4.78, 5) is 68.9. The Hall–Kier alpha value is -6.07. The van der Waals surface area contributed by atoms with Crippen LogP contribution in [0.5, 0.6) is 17.2 Å². The van der Waals surface area contributed by atoms with Gasteiger partial charge in [0.05, 0.1) is 81.4 Å². The Morgan fingerprint density at radius 3 is 2.22 bits per heavy atom. The summed E-state index contributed by atoms with van der Waals surface area (Å²) in [6.07, 6.45) is 4.39. The Bertz CT molecular complexity index is 2920. The Morgan fingerprint density at radius 1 is 0.870 bits per heavy atom. The molecule has 3 amide bonds. The van der Waals surface area contributed by atoms with Crippen LogP contribution in [0.4, 0.5) is 4.39 Å². The Morgan fingerprint density at radius 2 is 1.56 bits per heavy atom. The minimum atomic E-state index is -1.98. The molecule has 1 aliphatic carbocycles. The van der Waals surface area contributed by atoms with Crippen molar-refractivity contribution in [2.45, 2.75) is 83.9 Å². The van der Waals surface area contributed by atoms with Gasteiger partial charge in [-0.2, -0.15) is 0 Å². The van der Waals surface area contributed by atoms with Crippen LogP contribution < -0.4 is 30.4 Å². The number of aromatic nitrogens is 3. The first-order valence-corrected chi connectivity index (χ1v) is 27.1. The number of piperazine rings is 1.